The van der Waals surface area contributed by atoms with E-state index in [4.69, 9.17) is 0 Å². The zero-order valence-corrected chi connectivity index (χ0v) is 9.99. The van der Waals surface area contributed by atoms with Crippen molar-refractivity contribution in [3.05, 3.63) is 23.9 Å². The molecule has 0 bridgehead atoms. The van der Waals surface area contributed by atoms with Gasteiger partial charge in [0.1, 0.15) is 5.82 Å². The van der Waals surface area contributed by atoms with E-state index in [1.54, 1.807) is 6.20 Å². The van der Waals surface area contributed by atoms with E-state index < -0.39 is 0 Å². The fourth-order valence-electron chi connectivity index (χ4n) is 3.19. The van der Waals surface area contributed by atoms with Gasteiger partial charge < -0.3 is 10.6 Å². The van der Waals surface area contributed by atoms with Crippen LogP contribution in [0.3, 0.4) is 0 Å². The molecule has 1 aromatic heterocycles. The summed E-state index contributed by atoms with van der Waals surface area (Å²) in [5.41, 5.74) is 1.20. The smallest absolute Gasteiger partial charge is 0.229 e. The summed E-state index contributed by atoms with van der Waals surface area (Å²) in [6.45, 7) is 3.99. The SMILES string of the molecule is CC1C(=O)Nc2ncccc2C12CCNCC2. The Hall–Kier alpha value is -1.42. The molecule has 1 amide bonds. The maximum Gasteiger partial charge on any atom is 0.229 e. The number of fused-ring (bicyclic) bond motifs is 2. The second kappa shape index (κ2) is 3.81. The van der Waals surface area contributed by atoms with Crippen LogP contribution in [0.25, 0.3) is 0 Å². The quantitative estimate of drug-likeness (QED) is 0.707. The van der Waals surface area contributed by atoms with E-state index in [0.29, 0.717) is 0 Å². The van der Waals surface area contributed by atoms with Gasteiger partial charge in [-0.15, -0.1) is 0 Å². The van der Waals surface area contributed by atoms with Crippen LogP contribution < -0.4 is 10.6 Å². The molecule has 4 nitrogen and oxygen atoms in total. The van der Waals surface area contributed by atoms with Crippen molar-refractivity contribution in [2.24, 2.45) is 5.92 Å². The Morgan fingerprint density at radius 1 is 1.41 bits per heavy atom. The number of hydrogen-bond acceptors (Lipinski definition) is 3. The van der Waals surface area contributed by atoms with Gasteiger partial charge in [-0.05, 0) is 32.0 Å². The van der Waals surface area contributed by atoms with Crippen LogP contribution in [0.5, 0.6) is 0 Å². The number of pyridine rings is 1. The average molecular weight is 231 g/mol. The lowest BCUT2D eigenvalue weighted by Gasteiger charge is -2.45. The highest BCUT2D eigenvalue weighted by atomic mass is 16.2. The van der Waals surface area contributed by atoms with Crippen molar-refractivity contribution in [1.29, 1.82) is 0 Å². The number of anilines is 1. The molecular formula is C13H17N3O. The topological polar surface area (TPSA) is 54.0 Å². The standard InChI is InChI=1S/C13H17N3O/c1-9-12(17)16-11-10(3-2-6-15-11)13(9)4-7-14-8-5-13/h2-3,6,9,14H,4-5,7-8H2,1H3,(H,15,16,17). The number of carbonyl (C=O) groups excluding carboxylic acids is 1. The van der Waals surface area contributed by atoms with Crippen molar-refractivity contribution < 1.29 is 4.79 Å². The lowest BCUT2D eigenvalue weighted by molar-refractivity contribution is -0.122. The summed E-state index contributed by atoms with van der Waals surface area (Å²) in [4.78, 5) is 16.4. The van der Waals surface area contributed by atoms with E-state index >= 15 is 0 Å². The molecule has 1 fully saturated rings. The van der Waals surface area contributed by atoms with E-state index in [1.165, 1.54) is 5.56 Å². The first-order valence-corrected chi connectivity index (χ1v) is 6.21. The summed E-state index contributed by atoms with van der Waals surface area (Å²) in [6, 6.07) is 4.08. The maximum atomic E-state index is 12.1. The summed E-state index contributed by atoms with van der Waals surface area (Å²) in [5.74, 6) is 0.900. The molecule has 1 spiro atoms. The molecule has 90 valence electrons. The minimum atomic E-state index is -0.0167. The normalized spacial score (nSPS) is 26.4. The number of hydrogen-bond donors (Lipinski definition) is 2. The van der Waals surface area contributed by atoms with E-state index in [9.17, 15) is 4.79 Å². The predicted octanol–water partition coefficient (Wildman–Crippen LogP) is 1.29. The molecule has 0 aliphatic carbocycles. The van der Waals surface area contributed by atoms with Crippen LogP contribution in [0.1, 0.15) is 25.3 Å². The lowest BCUT2D eigenvalue weighted by Crippen LogP contribution is -2.51. The number of nitrogens with one attached hydrogen (secondary N) is 2. The lowest BCUT2D eigenvalue weighted by atomic mass is 9.63. The van der Waals surface area contributed by atoms with Gasteiger partial charge in [0.25, 0.3) is 0 Å². The summed E-state index contributed by atoms with van der Waals surface area (Å²) in [6.07, 6.45) is 3.77. The number of amides is 1. The Kier molecular flexibility index (Phi) is 2.40. The van der Waals surface area contributed by atoms with Gasteiger partial charge in [-0.2, -0.15) is 0 Å². The molecule has 3 rings (SSSR count). The molecule has 17 heavy (non-hydrogen) atoms. The maximum absolute atomic E-state index is 12.1. The number of nitrogens with zero attached hydrogens (tertiary/aromatic N) is 1. The fourth-order valence-corrected chi connectivity index (χ4v) is 3.19. The summed E-state index contributed by atoms with van der Waals surface area (Å²) < 4.78 is 0. The molecule has 1 saturated heterocycles. The Labute approximate surface area is 101 Å². The average Bonchev–Trinajstić information content (AvgIpc) is 2.38. The van der Waals surface area contributed by atoms with E-state index in [1.807, 2.05) is 13.0 Å². The highest BCUT2D eigenvalue weighted by Gasteiger charge is 2.47. The van der Waals surface area contributed by atoms with Gasteiger partial charge >= 0.3 is 0 Å². The van der Waals surface area contributed by atoms with Crippen molar-refractivity contribution in [2.45, 2.75) is 25.2 Å². The number of carbonyl (C=O) groups is 1. The monoisotopic (exact) mass is 231 g/mol. The van der Waals surface area contributed by atoms with Crippen LogP contribution >= 0.6 is 0 Å². The van der Waals surface area contributed by atoms with E-state index in [0.717, 1.165) is 31.7 Å². The molecule has 3 heterocycles. The van der Waals surface area contributed by atoms with Crippen molar-refractivity contribution in [1.82, 2.24) is 10.3 Å². The summed E-state index contributed by atoms with van der Waals surface area (Å²) in [5, 5.41) is 6.28. The Balaban J connectivity index is 2.14. The van der Waals surface area contributed by atoms with Gasteiger partial charge in [0.2, 0.25) is 5.91 Å². The molecule has 0 saturated carbocycles. The summed E-state index contributed by atoms with van der Waals surface area (Å²) >= 11 is 0. The molecule has 4 heteroatoms. The van der Waals surface area contributed by atoms with Crippen molar-refractivity contribution in [3.63, 3.8) is 0 Å². The van der Waals surface area contributed by atoms with Gasteiger partial charge in [0, 0.05) is 23.1 Å². The molecule has 2 aliphatic heterocycles. The highest BCUT2D eigenvalue weighted by Crippen LogP contribution is 2.46. The molecular weight excluding hydrogens is 214 g/mol. The first kappa shape index (κ1) is 10.7. The van der Waals surface area contributed by atoms with Crippen molar-refractivity contribution in [2.75, 3.05) is 18.4 Å². The molecule has 0 radical (unpaired) electrons. The molecule has 2 N–H and O–H groups in total. The van der Waals surface area contributed by atoms with Gasteiger partial charge in [-0.3, -0.25) is 4.79 Å². The van der Waals surface area contributed by atoms with Crippen LogP contribution in [0.2, 0.25) is 0 Å². The first-order chi connectivity index (χ1) is 8.24. The largest absolute Gasteiger partial charge is 0.317 e. The van der Waals surface area contributed by atoms with Crippen molar-refractivity contribution >= 4 is 11.7 Å². The van der Waals surface area contributed by atoms with Crippen molar-refractivity contribution in [3.8, 4) is 0 Å². The van der Waals surface area contributed by atoms with Crippen LogP contribution in [0, 0.1) is 5.92 Å². The minimum absolute atomic E-state index is 0.0167. The predicted molar refractivity (Wildman–Crippen MR) is 65.8 cm³/mol. The molecule has 1 aromatic rings. The number of rotatable bonds is 0. The van der Waals surface area contributed by atoms with Crippen LogP contribution in [-0.2, 0) is 10.2 Å². The van der Waals surface area contributed by atoms with E-state index in [2.05, 4.69) is 21.7 Å². The minimum Gasteiger partial charge on any atom is -0.317 e. The van der Waals surface area contributed by atoms with Gasteiger partial charge in [-0.1, -0.05) is 13.0 Å². The summed E-state index contributed by atoms with van der Waals surface area (Å²) in [7, 11) is 0. The van der Waals surface area contributed by atoms with Crippen LogP contribution in [0.4, 0.5) is 5.82 Å². The van der Waals surface area contributed by atoms with Crippen LogP contribution in [0.15, 0.2) is 18.3 Å². The van der Waals surface area contributed by atoms with E-state index in [-0.39, 0.29) is 17.2 Å². The Bertz CT molecular complexity index is 452. The Morgan fingerprint density at radius 3 is 2.94 bits per heavy atom. The van der Waals surface area contributed by atoms with Gasteiger partial charge in [0.15, 0.2) is 0 Å². The molecule has 1 atom stereocenters. The molecule has 2 aliphatic rings. The zero-order valence-electron chi connectivity index (χ0n) is 9.99. The van der Waals surface area contributed by atoms with Gasteiger partial charge in [-0.25, -0.2) is 4.98 Å². The second-order valence-corrected chi connectivity index (χ2v) is 5.02. The number of piperidine rings is 1. The zero-order chi connectivity index (χ0) is 11.9. The number of aromatic nitrogens is 1. The van der Waals surface area contributed by atoms with Gasteiger partial charge in [0.05, 0.1) is 0 Å². The molecule has 0 aromatic carbocycles. The third kappa shape index (κ3) is 1.47. The Morgan fingerprint density at radius 2 is 2.18 bits per heavy atom. The fraction of sp³-hybridized carbons (Fsp3) is 0.538. The third-order valence-electron chi connectivity index (χ3n) is 4.30. The van der Waals surface area contributed by atoms with Crippen LogP contribution in [-0.4, -0.2) is 24.0 Å². The first-order valence-electron chi connectivity index (χ1n) is 6.21. The second-order valence-electron chi connectivity index (χ2n) is 5.02. The molecule has 1 unspecified atom stereocenters. The third-order valence-corrected chi connectivity index (χ3v) is 4.30. The highest BCUT2D eigenvalue weighted by molar-refractivity contribution is 5.96.